The number of aliphatic imine (C=N–C) groups is 1. The van der Waals surface area contributed by atoms with Crippen molar-refractivity contribution in [2.45, 2.75) is 45.4 Å². The van der Waals surface area contributed by atoms with E-state index in [0.717, 1.165) is 35.8 Å². The van der Waals surface area contributed by atoms with Crippen LogP contribution >= 0.6 is 0 Å². The van der Waals surface area contributed by atoms with Crippen molar-refractivity contribution in [2.75, 3.05) is 13.7 Å². The number of methoxy groups -OCH3 is 1. The lowest BCUT2D eigenvalue weighted by Gasteiger charge is -2.06. The van der Waals surface area contributed by atoms with Crippen LogP contribution in [-0.4, -0.2) is 19.9 Å². The molecule has 0 atom stereocenters. The van der Waals surface area contributed by atoms with E-state index in [4.69, 9.17) is 9.47 Å². The molecule has 0 radical (unpaired) electrons. The monoisotopic (exact) mass is 339 g/mol. The Morgan fingerprint density at radius 1 is 0.800 bits per heavy atom. The molecular formula is C22H29NO2. The average molecular weight is 339 g/mol. The molecule has 0 saturated carbocycles. The Morgan fingerprint density at radius 2 is 1.44 bits per heavy atom. The van der Waals surface area contributed by atoms with Crippen molar-refractivity contribution in [2.24, 2.45) is 4.99 Å². The van der Waals surface area contributed by atoms with Gasteiger partial charge in [0.05, 0.1) is 19.4 Å². The van der Waals surface area contributed by atoms with E-state index < -0.39 is 0 Å². The van der Waals surface area contributed by atoms with Crippen LogP contribution in [0.15, 0.2) is 53.5 Å². The second kappa shape index (κ2) is 11.3. The van der Waals surface area contributed by atoms with Crippen molar-refractivity contribution in [3.05, 3.63) is 54.1 Å². The minimum absolute atomic E-state index is 0.797. The lowest BCUT2D eigenvalue weighted by molar-refractivity contribution is 0.304. The van der Waals surface area contributed by atoms with E-state index in [9.17, 15) is 0 Å². The van der Waals surface area contributed by atoms with Crippen LogP contribution in [0.1, 0.15) is 51.0 Å². The van der Waals surface area contributed by atoms with Gasteiger partial charge in [0.2, 0.25) is 0 Å². The van der Waals surface area contributed by atoms with Crippen molar-refractivity contribution in [1.29, 1.82) is 0 Å². The molecule has 0 bridgehead atoms. The van der Waals surface area contributed by atoms with E-state index >= 15 is 0 Å². The zero-order chi connectivity index (χ0) is 17.7. The van der Waals surface area contributed by atoms with E-state index in [2.05, 4.69) is 11.9 Å². The molecule has 0 heterocycles. The maximum Gasteiger partial charge on any atom is 0.119 e. The van der Waals surface area contributed by atoms with Gasteiger partial charge in [-0.05, 0) is 60.5 Å². The van der Waals surface area contributed by atoms with Gasteiger partial charge in [-0.2, -0.15) is 0 Å². The Labute approximate surface area is 151 Å². The molecule has 2 rings (SSSR count). The van der Waals surface area contributed by atoms with Gasteiger partial charge in [0, 0.05) is 6.21 Å². The van der Waals surface area contributed by atoms with Crippen LogP contribution in [0.25, 0.3) is 0 Å². The lowest BCUT2D eigenvalue weighted by atomic mass is 10.1. The fourth-order valence-corrected chi connectivity index (χ4v) is 2.54. The summed E-state index contributed by atoms with van der Waals surface area (Å²) in [6.07, 6.45) is 9.55. The van der Waals surface area contributed by atoms with Gasteiger partial charge in [-0.25, -0.2) is 0 Å². The maximum atomic E-state index is 5.80. The first-order valence-electron chi connectivity index (χ1n) is 9.23. The minimum Gasteiger partial charge on any atom is -0.497 e. The highest BCUT2D eigenvalue weighted by atomic mass is 16.5. The lowest BCUT2D eigenvalue weighted by Crippen LogP contribution is -1.97. The largest absolute Gasteiger partial charge is 0.497 e. The molecule has 0 amide bonds. The smallest absolute Gasteiger partial charge is 0.119 e. The molecule has 0 spiro atoms. The second-order valence-electron chi connectivity index (χ2n) is 6.14. The molecule has 0 fully saturated rings. The first-order valence-corrected chi connectivity index (χ1v) is 9.23. The predicted molar refractivity (Wildman–Crippen MR) is 106 cm³/mol. The number of ether oxygens (including phenoxy) is 2. The molecular weight excluding hydrogens is 310 g/mol. The molecule has 0 N–H and O–H groups in total. The fourth-order valence-electron chi connectivity index (χ4n) is 2.54. The quantitative estimate of drug-likeness (QED) is 0.361. The molecule has 25 heavy (non-hydrogen) atoms. The minimum atomic E-state index is 0.797. The number of hydrogen-bond donors (Lipinski definition) is 0. The Morgan fingerprint density at radius 3 is 2.12 bits per heavy atom. The summed E-state index contributed by atoms with van der Waals surface area (Å²) in [5.74, 6) is 1.76. The van der Waals surface area contributed by atoms with Gasteiger partial charge < -0.3 is 9.47 Å². The normalized spacial score (nSPS) is 11.0. The summed E-state index contributed by atoms with van der Waals surface area (Å²) in [5, 5.41) is 0. The summed E-state index contributed by atoms with van der Waals surface area (Å²) >= 11 is 0. The highest BCUT2D eigenvalue weighted by molar-refractivity contribution is 5.82. The number of nitrogens with zero attached hydrogens (tertiary/aromatic N) is 1. The SMILES string of the molecule is CCCCCCCCOc1ccc(C=Nc2ccc(OC)cc2)cc1. The highest BCUT2D eigenvalue weighted by Crippen LogP contribution is 2.18. The van der Waals surface area contributed by atoms with E-state index in [1.165, 1.54) is 32.1 Å². The summed E-state index contributed by atoms with van der Waals surface area (Å²) in [6, 6.07) is 15.8. The van der Waals surface area contributed by atoms with Gasteiger partial charge in [-0.3, -0.25) is 4.99 Å². The molecule has 0 saturated heterocycles. The van der Waals surface area contributed by atoms with Crippen LogP contribution in [0.2, 0.25) is 0 Å². The molecule has 0 aliphatic carbocycles. The summed E-state index contributed by atoms with van der Waals surface area (Å²) < 4.78 is 10.9. The zero-order valence-electron chi connectivity index (χ0n) is 15.4. The third-order valence-electron chi connectivity index (χ3n) is 4.08. The number of benzene rings is 2. The maximum absolute atomic E-state index is 5.80. The topological polar surface area (TPSA) is 30.8 Å². The summed E-state index contributed by atoms with van der Waals surface area (Å²) in [5.41, 5.74) is 1.96. The Kier molecular flexibility index (Phi) is 8.60. The van der Waals surface area contributed by atoms with Crippen molar-refractivity contribution in [1.82, 2.24) is 0 Å². The second-order valence-corrected chi connectivity index (χ2v) is 6.14. The molecule has 0 aliphatic heterocycles. The third-order valence-corrected chi connectivity index (χ3v) is 4.08. The number of rotatable bonds is 11. The summed E-state index contributed by atoms with van der Waals surface area (Å²) in [6.45, 7) is 3.04. The van der Waals surface area contributed by atoms with Crippen molar-refractivity contribution < 1.29 is 9.47 Å². The first kappa shape index (κ1) is 19.0. The standard InChI is InChI=1S/C22H29NO2/c1-3-4-5-6-7-8-17-25-22-13-9-19(10-14-22)18-23-20-11-15-21(24-2)16-12-20/h9-16,18H,3-8,17H2,1-2H3. The Balaban J connectivity index is 1.72. The van der Waals surface area contributed by atoms with Gasteiger partial charge in [-0.1, -0.05) is 39.0 Å². The molecule has 0 unspecified atom stereocenters. The summed E-state index contributed by atoms with van der Waals surface area (Å²) in [4.78, 5) is 4.47. The molecule has 0 aliphatic rings. The Bertz CT molecular complexity index is 617. The van der Waals surface area contributed by atoms with Gasteiger partial charge in [0.1, 0.15) is 11.5 Å². The number of unbranched alkanes of at least 4 members (excludes halogenated alkanes) is 5. The third kappa shape index (κ3) is 7.42. The predicted octanol–water partition coefficient (Wildman–Crippen LogP) is 6.19. The Hall–Kier alpha value is -2.29. The molecule has 2 aromatic rings. The van der Waals surface area contributed by atoms with Crippen molar-refractivity contribution >= 4 is 11.9 Å². The van der Waals surface area contributed by atoms with E-state index in [-0.39, 0.29) is 0 Å². The molecule has 3 heteroatoms. The van der Waals surface area contributed by atoms with Crippen LogP contribution in [0, 0.1) is 0 Å². The van der Waals surface area contributed by atoms with Crippen molar-refractivity contribution in [3.8, 4) is 11.5 Å². The van der Waals surface area contributed by atoms with Gasteiger partial charge in [0.25, 0.3) is 0 Å². The van der Waals surface area contributed by atoms with Crippen LogP contribution in [0.3, 0.4) is 0 Å². The van der Waals surface area contributed by atoms with E-state index in [1.807, 2.05) is 54.7 Å². The molecule has 0 aromatic heterocycles. The van der Waals surface area contributed by atoms with E-state index in [0.29, 0.717) is 0 Å². The van der Waals surface area contributed by atoms with Gasteiger partial charge in [-0.15, -0.1) is 0 Å². The van der Waals surface area contributed by atoms with Crippen molar-refractivity contribution in [3.63, 3.8) is 0 Å². The summed E-state index contributed by atoms with van der Waals surface area (Å²) in [7, 11) is 1.66. The van der Waals surface area contributed by atoms with Crippen LogP contribution in [-0.2, 0) is 0 Å². The molecule has 134 valence electrons. The van der Waals surface area contributed by atoms with Gasteiger partial charge in [0.15, 0.2) is 0 Å². The fraction of sp³-hybridized carbons (Fsp3) is 0.409. The van der Waals surface area contributed by atoms with Gasteiger partial charge >= 0.3 is 0 Å². The zero-order valence-corrected chi connectivity index (χ0v) is 15.4. The van der Waals surface area contributed by atoms with Crippen LogP contribution < -0.4 is 9.47 Å². The highest BCUT2D eigenvalue weighted by Gasteiger charge is 1.96. The molecule has 2 aromatic carbocycles. The van der Waals surface area contributed by atoms with E-state index in [1.54, 1.807) is 7.11 Å². The molecule has 3 nitrogen and oxygen atoms in total. The number of hydrogen-bond acceptors (Lipinski definition) is 3. The first-order chi connectivity index (χ1) is 12.3. The van der Waals surface area contributed by atoms with Crippen LogP contribution in [0.4, 0.5) is 5.69 Å². The average Bonchev–Trinajstić information content (AvgIpc) is 2.67. The van der Waals surface area contributed by atoms with Crippen LogP contribution in [0.5, 0.6) is 11.5 Å².